The van der Waals surface area contributed by atoms with Gasteiger partial charge >= 0.3 is 0 Å². The minimum atomic E-state index is -0.187. The van der Waals surface area contributed by atoms with E-state index in [-0.39, 0.29) is 24.1 Å². The summed E-state index contributed by atoms with van der Waals surface area (Å²) in [5, 5.41) is 0. The summed E-state index contributed by atoms with van der Waals surface area (Å²) in [4.78, 5) is 25.1. The molecule has 1 atom stereocenters. The Hall–Kier alpha value is -2.62. The summed E-state index contributed by atoms with van der Waals surface area (Å²) in [6.07, 6.45) is 12.2. The van der Waals surface area contributed by atoms with Gasteiger partial charge < -0.3 is 9.47 Å². The summed E-state index contributed by atoms with van der Waals surface area (Å²) in [7, 11) is 0. The lowest BCUT2D eigenvalue weighted by Gasteiger charge is -2.13. The lowest BCUT2D eigenvalue weighted by atomic mass is 10.0. The van der Waals surface area contributed by atoms with Crippen molar-refractivity contribution in [3.63, 3.8) is 0 Å². The maximum atomic E-state index is 12.6. The molecular formula is C30H42O4. The van der Waals surface area contributed by atoms with Crippen molar-refractivity contribution in [2.45, 2.75) is 97.5 Å². The summed E-state index contributed by atoms with van der Waals surface area (Å²) >= 11 is 0. The molecule has 0 N–H and O–H groups in total. The molecule has 1 unspecified atom stereocenters. The third kappa shape index (κ3) is 10.5. The Kier molecular flexibility index (Phi) is 13.1. The van der Waals surface area contributed by atoms with Crippen LogP contribution in [-0.4, -0.2) is 24.3 Å². The second-order valence-electron chi connectivity index (χ2n) is 9.11. The molecule has 0 spiro atoms. The van der Waals surface area contributed by atoms with Crippen LogP contribution in [0.15, 0.2) is 48.5 Å². The Bertz CT molecular complexity index is 839. The second kappa shape index (κ2) is 16.1. The van der Waals surface area contributed by atoms with Crippen molar-refractivity contribution in [2.24, 2.45) is 0 Å². The molecule has 2 aromatic carbocycles. The topological polar surface area (TPSA) is 52.6 Å². The zero-order valence-corrected chi connectivity index (χ0v) is 21.3. The molecule has 0 heterocycles. The van der Waals surface area contributed by atoms with Crippen LogP contribution in [0.2, 0.25) is 0 Å². The van der Waals surface area contributed by atoms with Crippen LogP contribution in [-0.2, 0) is 0 Å². The van der Waals surface area contributed by atoms with E-state index in [1.807, 2.05) is 19.1 Å². The number of hydrogen-bond donors (Lipinski definition) is 0. The SMILES string of the molecule is CCCCCCCCCCOc1ccc(C(=O)CC(=O)c2ccc(OC(C)CCC)cc2)cc1. The standard InChI is InChI=1S/C30H42O4/c1-4-6-7-8-9-10-11-12-22-33-27-18-14-25(15-19-27)29(31)23-30(32)26-16-20-28(21-17-26)34-24(3)13-5-2/h14-21,24H,4-13,22-23H2,1-3H3. The van der Waals surface area contributed by atoms with Crippen LogP contribution >= 0.6 is 0 Å². The van der Waals surface area contributed by atoms with E-state index in [0.717, 1.165) is 30.8 Å². The van der Waals surface area contributed by atoms with E-state index in [1.165, 1.54) is 44.9 Å². The number of unbranched alkanes of at least 4 members (excludes halogenated alkanes) is 7. The van der Waals surface area contributed by atoms with Crippen LogP contribution in [0.4, 0.5) is 0 Å². The van der Waals surface area contributed by atoms with Crippen molar-refractivity contribution in [1.82, 2.24) is 0 Å². The Labute approximate surface area is 206 Å². The van der Waals surface area contributed by atoms with Gasteiger partial charge in [-0.3, -0.25) is 9.59 Å². The zero-order chi connectivity index (χ0) is 24.6. The summed E-state index contributed by atoms with van der Waals surface area (Å²) in [5.41, 5.74) is 1.05. The molecule has 0 aliphatic carbocycles. The minimum absolute atomic E-state index is 0.139. The molecule has 0 bridgehead atoms. The molecule has 0 aliphatic heterocycles. The van der Waals surface area contributed by atoms with E-state index >= 15 is 0 Å². The van der Waals surface area contributed by atoms with Crippen LogP contribution in [0.3, 0.4) is 0 Å². The first kappa shape index (κ1) is 27.6. The van der Waals surface area contributed by atoms with Gasteiger partial charge in [-0.05, 0) is 68.3 Å². The molecule has 0 aliphatic rings. The van der Waals surface area contributed by atoms with Crippen molar-refractivity contribution in [1.29, 1.82) is 0 Å². The van der Waals surface area contributed by atoms with Crippen molar-refractivity contribution in [3.8, 4) is 11.5 Å². The Morgan fingerprint density at radius 3 is 1.71 bits per heavy atom. The van der Waals surface area contributed by atoms with E-state index < -0.39 is 0 Å². The molecule has 0 amide bonds. The lowest BCUT2D eigenvalue weighted by Crippen LogP contribution is -2.11. The third-order valence-corrected chi connectivity index (χ3v) is 5.97. The van der Waals surface area contributed by atoms with Crippen molar-refractivity contribution >= 4 is 11.6 Å². The van der Waals surface area contributed by atoms with Gasteiger partial charge in [0.2, 0.25) is 0 Å². The number of hydrogen-bond acceptors (Lipinski definition) is 4. The number of ether oxygens (including phenoxy) is 2. The summed E-state index contributed by atoms with van der Waals surface area (Å²) in [6.45, 7) is 7.09. The highest BCUT2D eigenvalue weighted by Crippen LogP contribution is 2.19. The molecule has 4 heteroatoms. The zero-order valence-electron chi connectivity index (χ0n) is 21.3. The molecule has 186 valence electrons. The van der Waals surface area contributed by atoms with Gasteiger partial charge in [0.25, 0.3) is 0 Å². The maximum absolute atomic E-state index is 12.6. The molecule has 4 nitrogen and oxygen atoms in total. The predicted octanol–water partition coefficient (Wildman–Crippen LogP) is 8.23. The lowest BCUT2D eigenvalue weighted by molar-refractivity contribution is 0.0894. The van der Waals surface area contributed by atoms with Gasteiger partial charge in [-0.2, -0.15) is 0 Å². The molecule has 2 aromatic rings. The molecule has 0 saturated carbocycles. The smallest absolute Gasteiger partial charge is 0.170 e. The second-order valence-corrected chi connectivity index (χ2v) is 9.11. The normalized spacial score (nSPS) is 11.7. The van der Waals surface area contributed by atoms with Gasteiger partial charge in [-0.1, -0.05) is 65.2 Å². The first-order chi connectivity index (χ1) is 16.5. The Morgan fingerprint density at radius 1 is 0.676 bits per heavy atom. The number of carbonyl (C=O) groups is 2. The van der Waals surface area contributed by atoms with Crippen molar-refractivity contribution in [2.75, 3.05) is 6.61 Å². The fourth-order valence-corrected chi connectivity index (χ4v) is 3.93. The molecule has 34 heavy (non-hydrogen) atoms. The average Bonchev–Trinajstić information content (AvgIpc) is 2.84. The van der Waals surface area contributed by atoms with Crippen LogP contribution in [0.25, 0.3) is 0 Å². The highest BCUT2D eigenvalue weighted by molar-refractivity contribution is 6.13. The van der Waals surface area contributed by atoms with Crippen molar-refractivity contribution < 1.29 is 19.1 Å². The van der Waals surface area contributed by atoms with Crippen LogP contribution in [0.5, 0.6) is 11.5 Å². The third-order valence-electron chi connectivity index (χ3n) is 5.97. The fraction of sp³-hybridized carbons (Fsp3) is 0.533. The van der Waals surface area contributed by atoms with E-state index in [2.05, 4.69) is 13.8 Å². The molecule has 0 fully saturated rings. The monoisotopic (exact) mass is 466 g/mol. The van der Waals surface area contributed by atoms with Crippen LogP contribution < -0.4 is 9.47 Å². The van der Waals surface area contributed by atoms with Gasteiger partial charge in [-0.25, -0.2) is 0 Å². The van der Waals surface area contributed by atoms with Gasteiger partial charge in [0, 0.05) is 11.1 Å². The van der Waals surface area contributed by atoms with Crippen LogP contribution in [0, 0.1) is 0 Å². The predicted molar refractivity (Wildman–Crippen MR) is 139 cm³/mol. The molecule has 0 aromatic heterocycles. The summed E-state index contributed by atoms with van der Waals surface area (Å²) in [5.74, 6) is 1.13. The van der Waals surface area contributed by atoms with E-state index in [4.69, 9.17) is 9.47 Å². The van der Waals surface area contributed by atoms with E-state index in [9.17, 15) is 9.59 Å². The molecule has 2 rings (SSSR count). The number of rotatable bonds is 18. The fourth-order valence-electron chi connectivity index (χ4n) is 3.93. The van der Waals surface area contributed by atoms with Gasteiger partial charge in [0.15, 0.2) is 11.6 Å². The number of carbonyl (C=O) groups excluding carboxylic acids is 2. The van der Waals surface area contributed by atoms with E-state index in [1.54, 1.807) is 36.4 Å². The molecular weight excluding hydrogens is 424 g/mol. The quantitative estimate of drug-likeness (QED) is 0.126. The Morgan fingerprint density at radius 2 is 1.18 bits per heavy atom. The number of benzene rings is 2. The van der Waals surface area contributed by atoms with Gasteiger partial charge in [0.1, 0.15) is 11.5 Å². The van der Waals surface area contributed by atoms with Crippen molar-refractivity contribution in [3.05, 3.63) is 59.7 Å². The number of Topliss-reactive ketones (excluding diaryl/α,β-unsaturated/α-hetero) is 2. The van der Waals surface area contributed by atoms with Gasteiger partial charge in [-0.15, -0.1) is 0 Å². The van der Waals surface area contributed by atoms with E-state index in [0.29, 0.717) is 17.7 Å². The summed E-state index contributed by atoms with van der Waals surface area (Å²) in [6, 6.07) is 14.1. The highest BCUT2D eigenvalue weighted by atomic mass is 16.5. The Balaban J connectivity index is 1.71. The molecule has 0 radical (unpaired) electrons. The highest BCUT2D eigenvalue weighted by Gasteiger charge is 2.14. The maximum Gasteiger partial charge on any atom is 0.170 e. The first-order valence-corrected chi connectivity index (χ1v) is 13.1. The minimum Gasteiger partial charge on any atom is -0.494 e. The average molecular weight is 467 g/mol. The summed E-state index contributed by atoms with van der Waals surface area (Å²) < 4.78 is 11.6. The largest absolute Gasteiger partial charge is 0.494 e. The molecule has 0 saturated heterocycles. The first-order valence-electron chi connectivity index (χ1n) is 13.1. The van der Waals surface area contributed by atoms with Crippen LogP contribution in [0.1, 0.15) is 112 Å². The number of ketones is 2. The van der Waals surface area contributed by atoms with Gasteiger partial charge in [0.05, 0.1) is 19.1 Å².